The van der Waals surface area contributed by atoms with Crippen LogP contribution >= 0.6 is 22.9 Å². The van der Waals surface area contributed by atoms with Crippen LogP contribution in [0.2, 0.25) is 5.02 Å². The van der Waals surface area contributed by atoms with Gasteiger partial charge in [-0.25, -0.2) is 9.18 Å². The number of benzene rings is 2. The van der Waals surface area contributed by atoms with E-state index in [4.69, 9.17) is 16.3 Å². The summed E-state index contributed by atoms with van der Waals surface area (Å²) in [6, 6.07) is 14.6. The van der Waals surface area contributed by atoms with Gasteiger partial charge in [-0.2, -0.15) is 0 Å². The van der Waals surface area contributed by atoms with Crippen molar-refractivity contribution in [2.45, 2.75) is 13.8 Å². The van der Waals surface area contributed by atoms with Crippen LogP contribution in [-0.4, -0.2) is 17.1 Å². The second-order valence-corrected chi connectivity index (χ2v) is 8.25. The van der Waals surface area contributed by atoms with Crippen LogP contribution in [0.5, 0.6) is 0 Å². The predicted octanol–water partition coefficient (Wildman–Crippen LogP) is 6.07. The minimum absolute atomic E-state index is 0.214. The maximum Gasteiger partial charge on any atom is 0.350 e. The molecule has 31 heavy (non-hydrogen) atoms. The fourth-order valence-corrected chi connectivity index (χ4v) is 4.54. The van der Waals surface area contributed by atoms with E-state index in [1.54, 1.807) is 56.3 Å². The molecule has 2 aromatic carbocycles. The summed E-state index contributed by atoms with van der Waals surface area (Å²) in [5.74, 6) is -0.817. The number of fused-ring (bicyclic) bond motifs is 1. The van der Waals surface area contributed by atoms with Gasteiger partial charge in [0.15, 0.2) is 0 Å². The Labute approximate surface area is 186 Å². The highest BCUT2D eigenvalue weighted by Gasteiger charge is 2.23. The highest BCUT2D eigenvalue weighted by molar-refractivity contribution is 7.21. The molecule has 0 atom stereocenters. The summed E-state index contributed by atoms with van der Waals surface area (Å²) in [7, 11) is 0. The number of thiophene rings is 1. The molecule has 8 heteroatoms. The number of ether oxygens (including phenoxy) is 1. The third-order valence-corrected chi connectivity index (χ3v) is 6.14. The predicted molar refractivity (Wildman–Crippen MR) is 123 cm³/mol. The smallest absolute Gasteiger partial charge is 0.350 e. The number of halogens is 2. The van der Waals surface area contributed by atoms with E-state index in [1.807, 2.05) is 0 Å². The Hall–Kier alpha value is -3.16. The summed E-state index contributed by atoms with van der Waals surface area (Å²) >= 11 is 7.15. The molecule has 0 spiro atoms. The lowest BCUT2D eigenvalue weighted by molar-refractivity contribution is 0.0533. The monoisotopic (exact) mass is 456 g/mol. The van der Waals surface area contributed by atoms with Crippen LogP contribution in [0.25, 0.3) is 15.9 Å². The minimum Gasteiger partial charge on any atom is -0.462 e. The fraction of sp³-hybridized carbons (Fsp3) is 0.130. The zero-order chi connectivity index (χ0) is 22.1. The molecule has 0 fully saturated rings. The molecule has 2 heterocycles. The van der Waals surface area contributed by atoms with Crippen molar-refractivity contribution in [2.75, 3.05) is 11.9 Å². The van der Waals surface area contributed by atoms with Crippen molar-refractivity contribution in [3.05, 3.63) is 86.2 Å². The zero-order valence-corrected chi connectivity index (χ0v) is 18.3. The molecule has 0 amide bonds. The molecular formula is C23H18ClFN2O3S. The van der Waals surface area contributed by atoms with E-state index in [0.29, 0.717) is 42.7 Å². The van der Waals surface area contributed by atoms with Crippen molar-refractivity contribution in [2.24, 2.45) is 0 Å². The Kier molecular flexibility index (Phi) is 5.80. The minimum atomic E-state index is -0.500. The Morgan fingerprint density at radius 1 is 1.16 bits per heavy atom. The number of hydrogen-bond acceptors (Lipinski definition) is 5. The highest BCUT2D eigenvalue weighted by atomic mass is 35.5. The van der Waals surface area contributed by atoms with E-state index in [-0.39, 0.29) is 18.0 Å². The number of hydrogen-bond donors (Lipinski definition) is 1. The average molecular weight is 457 g/mol. The van der Waals surface area contributed by atoms with Gasteiger partial charge >= 0.3 is 5.97 Å². The number of pyridine rings is 1. The van der Waals surface area contributed by atoms with Crippen molar-refractivity contribution >= 4 is 50.5 Å². The SMILES string of the molecule is CCOC(=O)c1sc2c(ccc(=O)n2-c2ccc(Cl)cc2)c1Nc1ccc(F)c(C)c1. The molecule has 5 nitrogen and oxygen atoms in total. The van der Waals surface area contributed by atoms with Gasteiger partial charge in [-0.05, 0) is 67.9 Å². The first-order valence-electron chi connectivity index (χ1n) is 9.54. The third kappa shape index (κ3) is 4.06. The molecule has 0 bridgehead atoms. The Bertz CT molecular complexity index is 1350. The van der Waals surface area contributed by atoms with Gasteiger partial charge in [0, 0.05) is 22.2 Å². The molecule has 0 unspecified atom stereocenters. The summed E-state index contributed by atoms with van der Waals surface area (Å²) in [4.78, 5) is 26.3. The molecule has 0 radical (unpaired) electrons. The van der Waals surface area contributed by atoms with Crippen LogP contribution in [0.4, 0.5) is 15.8 Å². The maximum absolute atomic E-state index is 13.7. The fourth-order valence-electron chi connectivity index (χ4n) is 3.25. The van der Waals surface area contributed by atoms with Gasteiger partial charge in [0.25, 0.3) is 5.56 Å². The van der Waals surface area contributed by atoms with Crippen molar-refractivity contribution in [3.8, 4) is 5.69 Å². The van der Waals surface area contributed by atoms with E-state index in [1.165, 1.54) is 16.7 Å². The van der Waals surface area contributed by atoms with Gasteiger partial charge in [0.2, 0.25) is 0 Å². The third-order valence-electron chi connectivity index (χ3n) is 4.71. The molecule has 4 rings (SSSR count). The van der Waals surface area contributed by atoms with Crippen molar-refractivity contribution in [3.63, 3.8) is 0 Å². The molecular weight excluding hydrogens is 439 g/mol. The van der Waals surface area contributed by atoms with Gasteiger partial charge in [0.05, 0.1) is 18.0 Å². The Morgan fingerprint density at radius 2 is 1.90 bits per heavy atom. The number of carbonyl (C=O) groups excluding carboxylic acids is 1. The van der Waals surface area contributed by atoms with E-state index in [2.05, 4.69) is 5.32 Å². The number of nitrogens with zero attached hydrogens (tertiary/aromatic N) is 1. The van der Waals surface area contributed by atoms with Crippen LogP contribution in [0.15, 0.2) is 59.4 Å². The summed E-state index contributed by atoms with van der Waals surface area (Å²) < 4.78 is 20.5. The largest absolute Gasteiger partial charge is 0.462 e. The first-order chi connectivity index (χ1) is 14.9. The molecule has 1 N–H and O–H groups in total. The van der Waals surface area contributed by atoms with Crippen LogP contribution in [-0.2, 0) is 4.74 Å². The van der Waals surface area contributed by atoms with E-state index in [9.17, 15) is 14.0 Å². The first kappa shape index (κ1) is 21.1. The van der Waals surface area contributed by atoms with Crippen LogP contribution in [0.1, 0.15) is 22.2 Å². The molecule has 4 aromatic rings. The second kappa shape index (κ2) is 8.53. The normalized spacial score (nSPS) is 11.0. The quantitative estimate of drug-likeness (QED) is 0.370. The number of aromatic nitrogens is 1. The van der Waals surface area contributed by atoms with E-state index >= 15 is 0 Å². The van der Waals surface area contributed by atoms with Crippen molar-refractivity contribution in [1.82, 2.24) is 4.57 Å². The lowest BCUT2D eigenvalue weighted by Gasteiger charge is -2.10. The van der Waals surface area contributed by atoms with Gasteiger partial charge < -0.3 is 10.1 Å². The number of nitrogens with one attached hydrogen (secondary N) is 1. The number of anilines is 2. The Morgan fingerprint density at radius 3 is 2.58 bits per heavy atom. The molecule has 0 saturated heterocycles. The zero-order valence-electron chi connectivity index (χ0n) is 16.7. The molecule has 0 aliphatic heterocycles. The molecule has 0 aliphatic carbocycles. The average Bonchev–Trinajstić information content (AvgIpc) is 3.10. The Balaban J connectivity index is 1.94. The summed E-state index contributed by atoms with van der Waals surface area (Å²) in [6.07, 6.45) is 0. The van der Waals surface area contributed by atoms with Crippen LogP contribution in [0, 0.1) is 12.7 Å². The summed E-state index contributed by atoms with van der Waals surface area (Å²) in [6.45, 7) is 3.61. The molecule has 0 saturated carbocycles. The molecule has 158 valence electrons. The van der Waals surface area contributed by atoms with E-state index < -0.39 is 5.97 Å². The van der Waals surface area contributed by atoms with Crippen LogP contribution < -0.4 is 10.9 Å². The number of esters is 1. The van der Waals surface area contributed by atoms with Gasteiger partial charge in [-0.15, -0.1) is 11.3 Å². The standard InChI is InChI=1S/C23H18ClFN2O3S/c1-3-30-23(29)21-20(26-15-6-10-18(25)13(2)12-15)17-9-11-19(28)27(22(17)31-21)16-7-4-14(24)5-8-16/h4-12,26H,3H2,1-2H3. The summed E-state index contributed by atoms with van der Waals surface area (Å²) in [5.41, 5.74) is 1.98. The van der Waals surface area contributed by atoms with Crippen molar-refractivity contribution in [1.29, 1.82) is 0 Å². The van der Waals surface area contributed by atoms with Gasteiger partial charge in [-0.3, -0.25) is 9.36 Å². The lowest BCUT2D eigenvalue weighted by Crippen LogP contribution is -2.16. The second-order valence-electron chi connectivity index (χ2n) is 6.82. The van der Waals surface area contributed by atoms with E-state index in [0.717, 1.165) is 11.3 Å². The van der Waals surface area contributed by atoms with Gasteiger partial charge in [0.1, 0.15) is 15.5 Å². The number of rotatable bonds is 5. The molecule has 2 aromatic heterocycles. The van der Waals surface area contributed by atoms with Gasteiger partial charge in [-0.1, -0.05) is 11.6 Å². The maximum atomic E-state index is 13.7. The number of carbonyl (C=O) groups is 1. The molecule has 0 aliphatic rings. The summed E-state index contributed by atoms with van der Waals surface area (Å²) in [5, 5.41) is 4.44. The van der Waals surface area contributed by atoms with Crippen LogP contribution in [0.3, 0.4) is 0 Å². The highest BCUT2D eigenvalue weighted by Crippen LogP contribution is 2.38. The lowest BCUT2D eigenvalue weighted by atomic mass is 10.2. The van der Waals surface area contributed by atoms with Crippen molar-refractivity contribution < 1.29 is 13.9 Å². The topological polar surface area (TPSA) is 60.3 Å². The first-order valence-corrected chi connectivity index (χ1v) is 10.7. The number of aryl methyl sites for hydroxylation is 1.